The van der Waals surface area contributed by atoms with Crippen LogP contribution in [-0.2, 0) is 16.0 Å². The molecule has 19 heavy (non-hydrogen) atoms. The number of hydrogen-bond donors (Lipinski definition) is 0. The van der Waals surface area contributed by atoms with Gasteiger partial charge in [0.25, 0.3) is 0 Å². The summed E-state index contributed by atoms with van der Waals surface area (Å²) in [6.07, 6.45) is 0.977. The number of aromatic nitrogens is 2. The fourth-order valence-corrected chi connectivity index (χ4v) is 2.16. The van der Waals surface area contributed by atoms with Gasteiger partial charge in [0.1, 0.15) is 6.29 Å². The van der Waals surface area contributed by atoms with Crippen LogP contribution in [0.1, 0.15) is 35.9 Å². The lowest BCUT2D eigenvalue weighted by atomic mass is 10.1. The molecule has 0 atom stereocenters. The summed E-state index contributed by atoms with van der Waals surface area (Å²) in [5.74, 6) is -0.416. The second-order valence-corrected chi connectivity index (χ2v) is 4.55. The number of esters is 1. The number of hydrogen-bond acceptors (Lipinski definition) is 4. The average molecular weight is 260 g/mol. The number of methoxy groups -OCH3 is 1. The van der Waals surface area contributed by atoms with Crippen molar-refractivity contribution in [3.8, 4) is 0 Å². The molecule has 0 spiro atoms. The van der Waals surface area contributed by atoms with E-state index in [1.807, 2.05) is 24.6 Å². The fourth-order valence-electron chi connectivity index (χ4n) is 2.16. The summed E-state index contributed by atoms with van der Waals surface area (Å²) >= 11 is 0. The van der Waals surface area contributed by atoms with Crippen molar-refractivity contribution in [2.45, 2.75) is 26.3 Å². The summed E-state index contributed by atoms with van der Waals surface area (Å²) in [5, 5.41) is 5.14. The van der Waals surface area contributed by atoms with Crippen LogP contribution in [0.4, 0.5) is 0 Å². The lowest BCUT2D eigenvalue weighted by Crippen LogP contribution is -2.03. The van der Waals surface area contributed by atoms with E-state index in [0.717, 1.165) is 11.8 Å². The molecular formula is C14H16N2O3. The SMILES string of the molecule is COC(=O)c1cccc2c1c(CC=O)nn2C(C)C. The highest BCUT2D eigenvalue weighted by Gasteiger charge is 2.19. The van der Waals surface area contributed by atoms with Crippen LogP contribution in [0.2, 0.25) is 0 Å². The first-order chi connectivity index (χ1) is 9.10. The Morgan fingerprint density at radius 3 is 2.79 bits per heavy atom. The molecule has 0 fully saturated rings. The molecule has 5 heteroatoms. The summed E-state index contributed by atoms with van der Waals surface area (Å²) in [7, 11) is 1.34. The van der Waals surface area contributed by atoms with Crippen LogP contribution < -0.4 is 0 Å². The van der Waals surface area contributed by atoms with E-state index in [-0.39, 0.29) is 12.5 Å². The first-order valence-corrected chi connectivity index (χ1v) is 6.12. The van der Waals surface area contributed by atoms with E-state index < -0.39 is 5.97 Å². The van der Waals surface area contributed by atoms with E-state index >= 15 is 0 Å². The van der Waals surface area contributed by atoms with Gasteiger partial charge in [-0.1, -0.05) is 6.07 Å². The maximum absolute atomic E-state index is 11.8. The van der Waals surface area contributed by atoms with Gasteiger partial charge in [-0.15, -0.1) is 0 Å². The van der Waals surface area contributed by atoms with Gasteiger partial charge in [0.15, 0.2) is 0 Å². The molecule has 0 saturated heterocycles. The molecule has 0 radical (unpaired) electrons. The van der Waals surface area contributed by atoms with Crippen molar-refractivity contribution in [3.05, 3.63) is 29.5 Å². The molecule has 1 heterocycles. The maximum Gasteiger partial charge on any atom is 0.338 e. The van der Waals surface area contributed by atoms with Crippen LogP contribution in [0.25, 0.3) is 10.9 Å². The number of benzene rings is 1. The van der Waals surface area contributed by atoms with Crippen molar-refractivity contribution in [3.63, 3.8) is 0 Å². The van der Waals surface area contributed by atoms with E-state index in [1.54, 1.807) is 12.1 Å². The molecule has 1 aromatic heterocycles. The van der Waals surface area contributed by atoms with Crippen molar-refractivity contribution in [1.29, 1.82) is 0 Å². The minimum absolute atomic E-state index is 0.149. The first-order valence-electron chi connectivity index (χ1n) is 6.12. The second-order valence-electron chi connectivity index (χ2n) is 4.55. The molecule has 0 aliphatic heterocycles. The van der Waals surface area contributed by atoms with Gasteiger partial charge in [-0.3, -0.25) is 4.68 Å². The maximum atomic E-state index is 11.8. The molecule has 0 amide bonds. The third-order valence-electron chi connectivity index (χ3n) is 2.98. The molecular weight excluding hydrogens is 244 g/mol. The van der Waals surface area contributed by atoms with E-state index in [4.69, 9.17) is 4.74 Å². The molecule has 0 bridgehead atoms. The summed E-state index contributed by atoms with van der Waals surface area (Å²) < 4.78 is 6.60. The topological polar surface area (TPSA) is 61.2 Å². The Morgan fingerprint density at radius 1 is 1.47 bits per heavy atom. The zero-order chi connectivity index (χ0) is 14.0. The molecule has 2 aromatic rings. The monoisotopic (exact) mass is 260 g/mol. The van der Waals surface area contributed by atoms with Gasteiger partial charge in [0, 0.05) is 17.8 Å². The molecule has 100 valence electrons. The van der Waals surface area contributed by atoms with Crippen LogP contribution in [0.5, 0.6) is 0 Å². The lowest BCUT2D eigenvalue weighted by molar-refractivity contribution is -0.107. The summed E-state index contributed by atoms with van der Waals surface area (Å²) in [5.41, 5.74) is 1.90. The standard InChI is InChI=1S/C14H16N2O3/c1-9(2)16-12-6-4-5-10(14(18)19-3)13(12)11(15-16)7-8-17/h4-6,8-9H,7H2,1-3H3. The zero-order valence-corrected chi connectivity index (χ0v) is 11.2. The molecule has 0 saturated carbocycles. The van der Waals surface area contributed by atoms with E-state index in [9.17, 15) is 9.59 Å². The second kappa shape index (κ2) is 5.22. The van der Waals surface area contributed by atoms with Crippen LogP contribution >= 0.6 is 0 Å². The van der Waals surface area contributed by atoms with Gasteiger partial charge in [-0.2, -0.15) is 5.10 Å². The Bertz CT molecular complexity index is 629. The molecule has 2 rings (SSSR count). The quantitative estimate of drug-likeness (QED) is 0.624. The molecule has 0 aliphatic carbocycles. The van der Waals surface area contributed by atoms with Crippen molar-refractivity contribution in [2.75, 3.05) is 7.11 Å². The average Bonchev–Trinajstić information content (AvgIpc) is 2.77. The predicted octanol–water partition coefficient (Wildman–Crippen LogP) is 2.15. The minimum Gasteiger partial charge on any atom is -0.465 e. The Hall–Kier alpha value is -2.17. The van der Waals surface area contributed by atoms with E-state index in [1.165, 1.54) is 7.11 Å². The molecule has 0 aliphatic rings. The fraction of sp³-hybridized carbons (Fsp3) is 0.357. The van der Waals surface area contributed by atoms with Gasteiger partial charge in [-0.25, -0.2) is 4.79 Å². The van der Waals surface area contributed by atoms with Gasteiger partial charge in [0.2, 0.25) is 0 Å². The number of rotatable bonds is 4. The van der Waals surface area contributed by atoms with Crippen LogP contribution in [-0.4, -0.2) is 29.1 Å². The molecule has 0 unspecified atom stereocenters. The Kier molecular flexibility index (Phi) is 3.64. The summed E-state index contributed by atoms with van der Waals surface area (Å²) in [6, 6.07) is 5.52. The smallest absolute Gasteiger partial charge is 0.338 e. The van der Waals surface area contributed by atoms with E-state index in [2.05, 4.69) is 5.10 Å². The van der Waals surface area contributed by atoms with Gasteiger partial charge in [0.05, 0.1) is 23.9 Å². The van der Waals surface area contributed by atoms with E-state index in [0.29, 0.717) is 16.6 Å². The van der Waals surface area contributed by atoms with Crippen molar-refractivity contribution < 1.29 is 14.3 Å². The number of carbonyl (C=O) groups is 2. The highest BCUT2D eigenvalue weighted by Crippen LogP contribution is 2.26. The van der Waals surface area contributed by atoms with Crippen LogP contribution in [0.15, 0.2) is 18.2 Å². The third kappa shape index (κ3) is 2.23. The summed E-state index contributed by atoms with van der Waals surface area (Å²) in [4.78, 5) is 22.6. The minimum atomic E-state index is -0.416. The van der Waals surface area contributed by atoms with Crippen LogP contribution in [0, 0.1) is 0 Å². The largest absolute Gasteiger partial charge is 0.465 e. The first kappa shape index (κ1) is 13.3. The van der Waals surface area contributed by atoms with Crippen LogP contribution in [0.3, 0.4) is 0 Å². The highest BCUT2D eigenvalue weighted by molar-refractivity contribution is 6.05. The summed E-state index contributed by atoms with van der Waals surface area (Å²) in [6.45, 7) is 4.00. The number of fused-ring (bicyclic) bond motifs is 1. The number of aldehydes is 1. The van der Waals surface area contributed by atoms with Gasteiger partial charge < -0.3 is 9.53 Å². The highest BCUT2D eigenvalue weighted by atomic mass is 16.5. The molecule has 5 nitrogen and oxygen atoms in total. The Balaban J connectivity index is 2.78. The number of carbonyl (C=O) groups excluding carboxylic acids is 2. The normalized spacial score (nSPS) is 10.9. The zero-order valence-electron chi connectivity index (χ0n) is 11.2. The number of nitrogens with zero attached hydrogens (tertiary/aromatic N) is 2. The van der Waals surface area contributed by atoms with Crippen molar-refractivity contribution in [1.82, 2.24) is 9.78 Å². The number of ether oxygens (including phenoxy) is 1. The third-order valence-corrected chi connectivity index (χ3v) is 2.98. The Morgan fingerprint density at radius 2 is 2.21 bits per heavy atom. The van der Waals surface area contributed by atoms with Gasteiger partial charge in [-0.05, 0) is 26.0 Å². The Labute approximate surface area is 111 Å². The molecule has 0 N–H and O–H groups in total. The van der Waals surface area contributed by atoms with Gasteiger partial charge >= 0.3 is 5.97 Å². The molecule has 1 aromatic carbocycles. The lowest BCUT2D eigenvalue weighted by Gasteiger charge is -2.07. The van der Waals surface area contributed by atoms with Crippen molar-refractivity contribution in [2.24, 2.45) is 0 Å². The predicted molar refractivity (Wildman–Crippen MR) is 71.2 cm³/mol. The van der Waals surface area contributed by atoms with Crippen molar-refractivity contribution >= 4 is 23.2 Å².